The minimum absolute atomic E-state index is 0.148. The predicted molar refractivity (Wildman–Crippen MR) is 75.1 cm³/mol. The van der Waals surface area contributed by atoms with E-state index in [1.54, 1.807) is 12.1 Å². The van der Waals surface area contributed by atoms with Crippen LogP contribution in [0, 0.1) is 0 Å². The molecule has 114 valence electrons. The standard InChI is InChI=1S/C15H19NO5/c1-20-12-9-13(15(18)19)16(10-12)14(17)7-8-21-11-5-3-2-4-6-11/h2-6,12-13H,7-10H2,1H3,(H,18,19). The van der Waals surface area contributed by atoms with Crippen molar-refractivity contribution in [1.82, 2.24) is 4.90 Å². The largest absolute Gasteiger partial charge is 0.493 e. The summed E-state index contributed by atoms with van der Waals surface area (Å²) in [6, 6.07) is 8.38. The highest BCUT2D eigenvalue weighted by Crippen LogP contribution is 2.21. The fourth-order valence-corrected chi connectivity index (χ4v) is 2.39. The molecule has 1 amide bonds. The first-order chi connectivity index (χ1) is 10.1. The average molecular weight is 293 g/mol. The maximum Gasteiger partial charge on any atom is 0.326 e. The van der Waals surface area contributed by atoms with Crippen molar-refractivity contribution in [2.24, 2.45) is 0 Å². The molecule has 0 spiro atoms. The molecule has 2 unspecified atom stereocenters. The highest BCUT2D eigenvalue weighted by molar-refractivity contribution is 5.84. The summed E-state index contributed by atoms with van der Waals surface area (Å²) in [6.07, 6.45) is 0.261. The van der Waals surface area contributed by atoms with E-state index in [9.17, 15) is 9.59 Å². The third kappa shape index (κ3) is 3.95. The number of carboxylic acids is 1. The highest BCUT2D eigenvalue weighted by atomic mass is 16.5. The van der Waals surface area contributed by atoms with Crippen molar-refractivity contribution in [3.63, 3.8) is 0 Å². The van der Waals surface area contributed by atoms with Crippen molar-refractivity contribution in [1.29, 1.82) is 0 Å². The summed E-state index contributed by atoms with van der Waals surface area (Å²) in [5.74, 6) is -0.527. The summed E-state index contributed by atoms with van der Waals surface area (Å²) in [5.41, 5.74) is 0. The molecule has 2 rings (SSSR count). The number of methoxy groups -OCH3 is 1. The lowest BCUT2D eigenvalue weighted by Crippen LogP contribution is -2.41. The summed E-state index contributed by atoms with van der Waals surface area (Å²) in [5, 5.41) is 9.17. The molecular weight excluding hydrogens is 274 g/mol. The first-order valence-electron chi connectivity index (χ1n) is 6.84. The summed E-state index contributed by atoms with van der Waals surface area (Å²) >= 11 is 0. The maximum atomic E-state index is 12.1. The van der Waals surface area contributed by atoms with Crippen LogP contribution in [-0.2, 0) is 14.3 Å². The first-order valence-corrected chi connectivity index (χ1v) is 6.84. The van der Waals surface area contributed by atoms with Crippen molar-refractivity contribution in [2.75, 3.05) is 20.3 Å². The van der Waals surface area contributed by atoms with E-state index in [4.69, 9.17) is 14.6 Å². The third-order valence-corrected chi connectivity index (χ3v) is 3.53. The van der Waals surface area contributed by atoms with Crippen LogP contribution in [0.1, 0.15) is 12.8 Å². The molecule has 1 fully saturated rings. The Bertz CT molecular complexity index is 490. The molecule has 1 N–H and O–H groups in total. The minimum atomic E-state index is -0.994. The molecule has 0 radical (unpaired) electrons. The summed E-state index contributed by atoms with van der Waals surface area (Å²) in [7, 11) is 1.52. The Morgan fingerprint density at radius 3 is 2.67 bits per heavy atom. The van der Waals surface area contributed by atoms with Gasteiger partial charge < -0.3 is 19.5 Å². The van der Waals surface area contributed by atoms with Gasteiger partial charge in [-0.05, 0) is 12.1 Å². The average Bonchev–Trinajstić information content (AvgIpc) is 2.93. The van der Waals surface area contributed by atoms with Crippen LogP contribution in [0.15, 0.2) is 30.3 Å². The van der Waals surface area contributed by atoms with Crippen LogP contribution in [0.3, 0.4) is 0 Å². The lowest BCUT2D eigenvalue weighted by molar-refractivity contribution is -0.148. The Balaban J connectivity index is 1.85. The number of carboxylic acid groups (broad SMARTS) is 1. The molecule has 21 heavy (non-hydrogen) atoms. The van der Waals surface area contributed by atoms with E-state index in [-0.39, 0.29) is 25.0 Å². The van der Waals surface area contributed by atoms with E-state index in [1.807, 2.05) is 18.2 Å². The zero-order valence-corrected chi connectivity index (χ0v) is 11.9. The molecule has 0 saturated carbocycles. The fraction of sp³-hybridized carbons (Fsp3) is 0.467. The SMILES string of the molecule is COC1CC(C(=O)O)N(C(=O)CCOc2ccccc2)C1. The van der Waals surface area contributed by atoms with Crippen LogP contribution in [0.4, 0.5) is 0 Å². The summed E-state index contributed by atoms with van der Waals surface area (Å²) in [4.78, 5) is 24.7. The minimum Gasteiger partial charge on any atom is -0.493 e. The molecule has 6 nitrogen and oxygen atoms in total. The Labute approximate surface area is 123 Å². The molecule has 2 atom stereocenters. The second-order valence-corrected chi connectivity index (χ2v) is 4.91. The molecular formula is C15H19NO5. The monoisotopic (exact) mass is 293 g/mol. The van der Waals surface area contributed by atoms with Crippen LogP contribution in [0.5, 0.6) is 5.75 Å². The van der Waals surface area contributed by atoms with Gasteiger partial charge in [-0.3, -0.25) is 4.79 Å². The lowest BCUT2D eigenvalue weighted by atomic mass is 10.2. The number of carbonyl (C=O) groups is 2. The zero-order chi connectivity index (χ0) is 15.2. The number of ether oxygens (including phenoxy) is 2. The molecule has 1 aromatic carbocycles. The van der Waals surface area contributed by atoms with Crippen molar-refractivity contribution >= 4 is 11.9 Å². The van der Waals surface area contributed by atoms with Gasteiger partial charge in [0.15, 0.2) is 0 Å². The normalized spacial score (nSPS) is 21.3. The summed E-state index contributed by atoms with van der Waals surface area (Å²) in [6.45, 7) is 0.543. The van der Waals surface area contributed by atoms with Gasteiger partial charge >= 0.3 is 5.97 Å². The highest BCUT2D eigenvalue weighted by Gasteiger charge is 2.39. The molecule has 1 aromatic rings. The molecule has 1 saturated heterocycles. The predicted octanol–water partition coefficient (Wildman–Crippen LogP) is 1.16. The number of hydrogen-bond acceptors (Lipinski definition) is 4. The van der Waals surface area contributed by atoms with Crippen molar-refractivity contribution < 1.29 is 24.2 Å². The van der Waals surface area contributed by atoms with Crippen molar-refractivity contribution in [3.05, 3.63) is 30.3 Å². The van der Waals surface area contributed by atoms with E-state index < -0.39 is 12.0 Å². The van der Waals surface area contributed by atoms with E-state index in [1.165, 1.54) is 12.0 Å². The number of aliphatic carboxylic acids is 1. The molecule has 0 bridgehead atoms. The van der Waals surface area contributed by atoms with E-state index in [2.05, 4.69) is 0 Å². The topological polar surface area (TPSA) is 76.1 Å². The van der Waals surface area contributed by atoms with E-state index in [0.717, 1.165) is 0 Å². The number of rotatable bonds is 6. The van der Waals surface area contributed by atoms with Gasteiger partial charge in [0.1, 0.15) is 11.8 Å². The second-order valence-electron chi connectivity index (χ2n) is 4.91. The molecule has 0 aromatic heterocycles. The Kier molecular flexibility index (Phi) is 5.16. The summed E-state index contributed by atoms with van der Waals surface area (Å²) < 4.78 is 10.6. The van der Waals surface area contributed by atoms with Gasteiger partial charge in [0.05, 0.1) is 19.1 Å². The van der Waals surface area contributed by atoms with Crippen molar-refractivity contribution in [2.45, 2.75) is 25.0 Å². The lowest BCUT2D eigenvalue weighted by Gasteiger charge is -2.21. The van der Waals surface area contributed by atoms with Crippen LogP contribution < -0.4 is 4.74 Å². The van der Waals surface area contributed by atoms with Gasteiger partial charge in [0, 0.05) is 20.1 Å². The number of likely N-dealkylation sites (tertiary alicyclic amines) is 1. The van der Waals surface area contributed by atoms with Gasteiger partial charge in [-0.25, -0.2) is 4.79 Å². The molecule has 1 aliphatic heterocycles. The Morgan fingerprint density at radius 1 is 1.33 bits per heavy atom. The molecule has 0 aliphatic carbocycles. The number of amides is 1. The van der Waals surface area contributed by atoms with Gasteiger partial charge in [-0.15, -0.1) is 0 Å². The smallest absolute Gasteiger partial charge is 0.326 e. The molecule has 1 heterocycles. The molecule has 6 heteroatoms. The Hall–Kier alpha value is -2.08. The number of para-hydroxylation sites is 1. The maximum absolute atomic E-state index is 12.1. The fourth-order valence-electron chi connectivity index (χ4n) is 2.39. The molecule has 1 aliphatic rings. The number of hydrogen-bond donors (Lipinski definition) is 1. The number of benzene rings is 1. The van der Waals surface area contributed by atoms with Crippen LogP contribution >= 0.6 is 0 Å². The second kappa shape index (κ2) is 7.08. The van der Waals surface area contributed by atoms with Gasteiger partial charge in [0.25, 0.3) is 0 Å². The van der Waals surface area contributed by atoms with E-state index >= 15 is 0 Å². The van der Waals surface area contributed by atoms with Crippen LogP contribution in [0.25, 0.3) is 0 Å². The number of nitrogens with zero attached hydrogens (tertiary/aromatic N) is 1. The van der Waals surface area contributed by atoms with Crippen LogP contribution in [-0.4, -0.2) is 54.3 Å². The quantitative estimate of drug-likeness (QED) is 0.851. The van der Waals surface area contributed by atoms with Gasteiger partial charge in [-0.1, -0.05) is 18.2 Å². The third-order valence-electron chi connectivity index (χ3n) is 3.53. The first kappa shape index (κ1) is 15.3. The van der Waals surface area contributed by atoms with Gasteiger partial charge in [0.2, 0.25) is 5.91 Å². The van der Waals surface area contributed by atoms with Crippen LogP contribution in [0.2, 0.25) is 0 Å². The zero-order valence-electron chi connectivity index (χ0n) is 11.9. The van der Waals surface area contributed by atoms with Crippen molar-refractivity contribution in [3.8, 4) is 5.75 Å². The number of carbonyl (C=O) groups excluding carboxylic acids is 1. The van der Waals surface area contributed by atoms with E-state index in [0.29, 0.717) is 18.7 Å². The Morgan fingerprint density at radius 2 is 2.05 bits per heavy atom. The van der Waals surface area contributed by atoms with Gasteiger partial charge in [-0.2, -0.15) is 0 Å².